The summed E-state index contributed by atoms with van der Waals surface area (Å²) in [6.07, 6.45) is 6.24. The zero-order valence-corrected chi connectivity index (χ0v) is 9.66. The molecule has 0 aliphatic heterocycles. The maximum absolute atomic E-state index is 9.51. The highest BCUT2D eigenvalue weighted by Gasteiger charge is 2.32. The van der Waals surface area contributed by atoms with E-state index in [1.54, 1.807) is 6.20 Å². The van der Waals surface area contributed by atoms with Gasteiger partial charge in [-0.1, -0.05) is 12.8 Å². The number of nitrogens with one attached hydrogen (secondary N) is 2. The first-order valence-electron chi connectivity index (χ1n) is 5.81. The van der Waals surface area contributed by atoms with E-state index in [-0.39, 0.29) is 12.1 Å². The predicted octanol–water partition coefficient (Wildman–Crippen LogP) is 1.84. The van der Waals surface area contributed by atoms with Crippen LogP contribution in [0.2, 0.25) is 0 Å². The third kappa shape index (κ3) is 2.27. The molecule has 0 amide bonds. The van der Waals surface area contributed by atoms with Crippen LogP contribution in [-0.2, 0) is 0 Å². The molecular formula is C12H19N3O. The van der Waals surface area contributed by atoms with Crippen LogP contribution >= 0.6 is 0 Å². The fourth-order valence-corrected chi connectivity index (χ4v) is 2.33. The van der Waals surface area contributed by atoms with E-state index in [2.05, 4.69) is 15.6 Å². The van der Waals surface area contributed by atoms with Crippen LogP contribution in [0.5, 0.6) is 0 Å². The number of hydrogen-bond acceptors (Lipinski definition) is 4. The minimum Gasteiger partial charge on any atom is -0.394 e. The maximum atomic E-state index is 9.51. The number of aromatic nitrogens is 1. The minimum absolute atomic E-state index is 0.119. The molecule has 0 radical (unpaired) electrons. The van der Waals surface area contributed by atoms with Crippen LogP contribution in [0.15, 0.2) is 18.3 Å². The van der Waals surface area contributed by atoms with E-state index >= 15 is 0 Å². The van der Waals surface area contributed by atoms with Crippen LogP contribution in [0, 0.1) is 0 Å². The first kappa shape index (κ1) is 11.2. The van der Waals surface area contributed by atoms with Gasteiger partial charge in [-0.15, -0.1) is 0 Å². The van der Waals surface area contributed by atoms with E-state index in [0.29, 0.717) is 0 Å². The average molecular weight is 221 g/mol. The number of hydrogen-bond donors (Lipinski definition) is 3. The summed E-state index contributed by atoms with van der Waals surface area (Å²) in [4.78, 5) is 4.17. The second kappa shape index (κ2) is 4.70. The van der Waals surface area contributed by atoms with Gasteiger partial charge in [0.15, 0.2) is 0 Å². The monoisotopic (exact) mass is 221 g/mol. The Morgan fingerprint density at radius 2 is 2.19 bits per heavy atom. The van der Waals surface area contributed by atoms with Gasteiger partial charge in [0.1, 0.15) is 5.82 Å². The molecule has 0 bridgehead atoms. The summed E-state index contributed by atoms with van der Waals surface area (Å²) in [6, 6.07) is 3.91. The number of anilines is 2. The fraction of sp³-hybridized carbons (Fsp3) is 0.583. The molecule has 4 heteroatoms. The van der Waals surface area contributed by atoms with Crippen molar-refractivity contribution >= 4 is 11.5 Å². The molecular weight excluding hydrogens is 202 g/mol. The molecule has 1 fully saturated rings. The largest absolute Gasteiger partial charge is 0.394 e. The Morgan fingerprint density at radius 3 is 2.81 bits per heavy atom. The van der Waals surface area contributed by atoms with Crippen molar-refractivity contribution in [3.05, 3.63) is 18.3 Å². The fourth-order valence-electron chi connectivity index (χ4n) is 2.33. The molecule has 1 aromatic rings. The van der Waals surface area contributed by atoms with Gasteiger partial charge < -0.3 is 15.7 Å². The Labute approximate surface area is 96.1 Å². The van der Waals surface area contributed by atoms with E-state index in [9.17, 15) is 5.11 Å². The van der Waals surface area contributed by atoms with Crippen molar-refractivity contribution in [2.45, 2.75) is 31.2 Å². The molecule has 1 aliphatic carbocycles. The van der Waals surface area contributed by atoms with E-state index in [4.69, 9.17) is 0 Å². The first-order chi connectivity index (χ1) is 7.78. The van der Waals surface area contributed by atoms with Crippen molar-refractivity contribution in [3.8, 4) is 0 Å². The molecule has 0 aromatic carbocycles. The SMILES string of the molecule is CNc1cc(NC2(CO)CCCC2)ccn1. The van der Waals surface area contributed by atoms with Gasteiger partial charge in [-0.3, -0.25) is 0 Å². The lowest BCUT2D eigenvalue weighted by Gasteiger charge is -2.29. The minimum atomic E-state index is -0.119. The molecule has 0 unspecified atom stereocenters. The van der Waals surface area contributed by atoms with Crippen LogP contribution < -0.4 is 10.6 Å². The van der Waals surface area contributed by atoms with Gasteiger partial charge in [0.05, 0.1) is 12.1 Å². The molecule has 0 spiro atoms. The van der Waals surface area contributed by atoms with Crippen LogP contribution in [-0.4, -0.2) is 29.3 Å². The number of aliphatic hydroxyl groups excluding tert-OH is 1. The highest BCUT2D eigenvalue weighted by atomic mass is 16.3. The van der Waals surface area contributed by atoms with Gasteiger partial charge in [-0.2, -0.15) is 0 Å². The van der Waals surface area contributed by atoms with Gasteiger partial charge in [0.25, 0.3) is 0 Å². The number of rotatable bonds is 4. The molecule has 3 N–H and O–H groups in total. The molecule has 0 atom stereocenters. The third-order valence-corrected chi connectivity index (χ3v) is 3.29. The summed E-state index contributed by atoms with van der Waals surface area (Å²) < 4.78 is 0. The van der Waals surface area contributed by atoms with Crippen LogP contribution in [0.1, 0.15) is 25.7 Å². The highest BCUT2D eigenvalue weighted by molar-refractivity contribution is 5.53. The Kier molecular flexibility index (Phi) is 3.29. The standard InChI is InChI=1S/C12H19N3O/c1-13-11-8-10(4-7-14-11)15-12(9-16)5-2-3-6-12/h4,7-8,16H,2-3,5-6,9H2,1H3,(H2,13,14,15). The molecule has 16 heavy (non-hydrogen) atoms. The number of nitrogens with zero attached hydrogens (tertiary/aromatic N) is 1. The van der Waals surface area contributed by atoms with E-state index in [1.807, 2.05) is 19.2 Å². The van der Waals surface area contributed by atoms with Gasteiger partial charge in [-0.25, -0.2) is 4.98 Å². The van der Waals surface area contributed by atoms with Gasteiger partial charge in [0, 0.05) is 25.0 Å². The zero-order valence-electron chi connectivity index (χ0n) is 9.66. The second-order valence-electron chi connectivity index (χ2n) is 4.45. The molecule has 2 rings (SSSR count). The lowest BCUT2D eigenvalue weighted by atomic mass is 9.98. The topological polar surface area (TPSA) is 57.2 Å². The number of aliphatic hydroxyl groups is 1. The van der Waals surface area contributed by atoms with Gasteiger partial charge in [0.2, 0.25) is 0 Å². The summed E-state index contributed by atoms with van der Waals surface area (Å²) >= 11 is 0. The molecule has 0 saturated heterocycles. The summed E-state index contributed by atoms with van der Waals surface area (Å²) in [5, 5.41) is 16.0. The second-order valence-corrected chi connectivity index (χ2v) is 4.45. The van der Waals surface area contributed by atoms with E-state index in [0.717, 1.165) is 24.3 Å². The van der Waals surface area contributed by atoms with E-state index < -0.39 is 0 Å². The summed E-state index contributed by atoms with van der Waals surface area (Å²) in [5.41, 5.74) is 0.905. The third-order valence-electron chi connectivity index (χ3n) is 3.29. The molecule has 1 aliphatic rings. The lowest BCUT2D eigenvalue weighted by Crippen LogP contribution is -2.38. The Morgan fingerprint density at radius 1 is 1.44 bits per heavy atom. The van der Waals surface area contributed by atoms with Crippen molar-refractivity contribution in [2.75, 3.05) is 24.3 Å². The maximum Gasteiger partial charge on any atom is 0.127 e. The number of pyridine rings is 1. The van der Waals surface area contributed by atoms with Gasteiger partial charge in [-0.05, 0) is 18.9 Å². The highest BCUT2D eigenvalue weighted by Crippen LogP contribution is 2.32. The Bertz CT molecular complexity index is 348. The average Bonchev–Trinajstić information content (AvgIpc) is 2.78. The lowest BCUT2D eigenvalue weighted by molar-refractivity contribution is 0.214. The zero-order chi connectivity index (χ0) is 11.4. The van der Waals surface area contributed by atoms with Crippen LogP contribution in [0.4, 0.5) is 11.5 Å². The molecule has 88 valence electrons. The van der Waals surface area contributed by atoms with Crippen molar-refractivity contribution in [1.82, 2.24) is 4.98 Å². The van der Waals surface area contributed by atoms with E-state index in [1.165, 1.54) is 12.8 Å². The van der Waals surface area contributed by atoms with Crippen molar-refractivity contribution < 1.29 is 5.11 Å². The predicted molar refractivity (Wildman–Crippen MR) is 65.7 cm³/mol. The van der Waals surface area contributed by atoms with Crippen LogP contribution in [0.25, 0.3) is 0 Å². The summed E-state index contributed by atoms with van der Waals surface area (Å²) in [5.74, 6) is 0.844. The summed E-state index contributed by atoms with van der Waals surface area (Å²) in [7, 11) is 1.85. The molecule has 1 saturated carbocycles. The van der Waals surface area contributed by atoms with Crippen molar-refractivity contribution in [3.63, 3.8) is 0 Å². The normalized spacial score (nSPS) is 18.4. The van der Waals surface area contributed by atoms with Gasteiger partial charge >= 0.3 is 0 Å². The summed E-state index contributed by atoms with van der Waals surface area (Å²) in [6.45, 7) is 0.199. The first-order valence-corrected chi connectivity index (χ1v) is 5.81. The smallest absolute Gasteiger partial charge is 0.127 e. The van der Waals surface area contributed by atoms with Crippen molar-refractivity contribution in [2.24, 2.45) is 0 Å². The van der Waals surface area contributed by atoms with Crippen LogP contribution in [0.3, 0.4) is 0 Å². The molecule has 1 heterocycles. The molecule has 1 aromatic heterocycles. The van der Waals surface area contributed by atoms with Crippen molar-refractivity contribution in [1.29, 1.82) is 0 Å². The molecule has 4 nitrogen and oxygen atoms in total. The quantitative estimate of drug-likeness (QED) is 0.726. The Balaban J connectivity index is 2.12. The Hall–Kier alpha value is -1.29.